The molecule has 1 heterocycles. The number of rotatable bonds is 3. The smallest absolute Gasteiger partial charge is 0.356 e. The molecule has 0 aliphatic heterocycles. The summed E-state index contributed by atoms with van der Waals surface area (Å²) in [6.45, 7) is 0.0761. The van der Waals surface area contributed by atoms with E-state index in [1.807, 2.05) is 0 Å². The van der Waals surface area contributed by atoms with Crippen LogP contribution in [0.25, 0.3) is 11.4 Å². The van der Waals surface area contributed by atoms with E-state index in [-0.39, 0.29) is 18.0 Å². The number of hydrogen-bond acceptors (Lipinski definition) is 4. The van der Waals surface area contributed by atoms with Crippen LogP contribution in [0.5, 0.6) is 5.75 Å². The van der Waals surface area contributed by atoms with Crippen LogP contribution in [-0.2, 0) is 6.54 Å². The Hall–Kier alpha value is -2.34. The van der Waals surface area contributed by atoms with E-state index in [1.165, 1.54) is 12.1 Å². The Bertz CT molecular complexity index is 546. The zero-order chi connectivity index (χ0) is 12.4. The second-order valence-corrected chi connectivity index (χ2v) is 3.47. The molecular formula is C11H11N3O3. The van der Waals surface area contributed by atoms with Crippen molar-refractivity contribution >= 4 is 5.97 Å². The summed E-state index contributed by atoms with van der Waals surface area (Å²) in [5, 5.41) is 18.1. The van der Waals surface area contributed by atoms with Crippen LogP contribution in [0.2, 0.25) is 0 Å². The van der Waals surface area contributed by atoms with Gasteiger partial charge in [-0.3, -0.25) is 0 Å². The number of carboxylic acid groups (broad SMARTS) is 1. The molecule has 0 radical (unpaired) electrons. The van der Waals surface area contributed by atoms with Crippen molar-refractivity contribution in [3.05, 3.63) is 35.7 Å². The number of aromatic nitrogens is 2. The van der Waals surface area contributed by atoms with Gasteiger partial charge in [-0.15, -0.1) is 0 Å². The zero-order valence-corrected chi connectivity index (χ0v) is 8.84. The third-order valence-electron chi connectivity index (χ3n) is 2.33. The Morgan fingerprint density at radius 1 is 1.35 bits per heavy atom. The average Bonchev–Trinajstić information content (AvgIpc) is 2.74. The van der Waals surface area contributed by atoms with Gasteiger partial charge in [-0.25, -0.2) is 9.78 Å². The number of nitrogens with one attached hydrogen (secondary N) is 1. The van der Waals surface area contributed by atoms with E-state index in [9.17, 15) is 4.79 Å². The van der Waals surface area contributed by atoms with Gasteiger partial charge in [0.1, 0.15) is 11.6 Å². The summed E-state index contributed by atoms with van der Waals surface area (Å²) in [5.74, 6) is -0.563. The van der Waals surface area contributed by atoms with Crippen LogP contribution in [0.1, 0.15) is 16.2 Å². The molecule has 88 valence electrons. The largest absolute Gasteiger partial charge is 0.508 e. The second-order valence-electron chi connectivity index (χ2n) is 3.47. The summed E-state index contributed by atoms with van der Waals surface area (Å²) in [6.07, 6.45) is 0. The lowest BCUT2D eigenvalue weighted by molar-refractivity contribution is 0.0690. The molecule has 6 heteroatoms. The van der Waals surface area contributed by atoms with Gasteiger partial charge in [0, 0.05) is 12.1 Å². The molecule has 2 aromatic rings. The van der Waals surface area contributed by atoms with Crippen LogP contribution >= 0.6 is 0 Å². The standard InChI is InChI=1S/C11H11N3O3/c12-5-8-9(11(16)17)14-10(13-8)6-1-3-7(15)4-2-6/h1-4,15H,5,12H2,(H,13,14)(H,16,17). The number of H-pyrrole nitrogens is 1. The first-order chi connectivity index (χ1) is 8.11. The molecule has 0 amide bonds. The molecule has 0 spiro atoms. The summed E-state index contributed by atoms with van der Waals surface area (Å²) in [7, 11) is 0. The number of imidazole rings is 1. The highest BCUT2D eigenvalue weighted by molar-refractivity contribution is 5.87. The maximum atomic E-state index is 10.9. The van der Waals surface area contributed by atoms with Crippen molar-refractivity contribution < 1.29 is 15.0 Å². The monoisotopic (exact) mass is 233 g/mol. The predicted molar refractivity (Wildman–Crippen MR) is 60.5 cm³/mol. The molecule has 0 aliphatic carbocycles. The van der Waals surface area contributed by atoms with Crippen molar-refractivity contribution in [1.29, 1.82) is 0 Å². The van der Waals surface area contributed by atoms with Gasteiger partial charge >= 0.3 is 5.97 Å². The Balaban J connectivity index is 2.46. The minimum atomic E-state index is -1.12. The molecule has 17 heavy (non-hydrogen) atoms. The van der Waals surface area contributed by atoms with Crippen molar-refractivity contribution in [3.8, 4) is 17.1 Å². The van der Waals surface area contributed by atoms with Gasteiger partial charge in [0.25, 0.3) is 0 Å². The summed E-state index contributed by atoms with van der Waals surface area (Å²) in [5.41, 5.74) is 6.42. The third kappa shape index (κ3) is 2.11. The molecule has 0 unspecified atom stereocenters. The highest BCUT2D eigenvalue weighted by Gasteiger charge is 2.16. The fraction of sp³-hybridized carbons (Fsp3) is 0.0909. The van der Waals surface area contributed by atoms with Crippen molar-refractivity contribution in [1.82, 2.24) is 9.97 Å². The fourth-order valence-electron chi connectivity index (χ4n) is 1.49. The number of benzene rings is 1. The Morgan fingerprint density at radius 2 is 2.00 bits per heavy atom. The topological polar surface area (TPSA) is 112 Å². The molecule has 1 aromatic carbocycles. The van der Waals surface area contributed by atoms with E-state index < -0.39 is 5.97 Å². The van der Waals surface area contributed by atoms with Gasteiger partial charge in [0.2, 0.25) is 0 Å². The molecule has 6 nitrogen and oxygen atoms in total. The highest BCUT2D eigenvalue weighted by Crippen LogP contribution is 2.20. The van der Waals surface area contributed by atoms with E-state index in [0.29, 0.717) is 17.1 Å². The Labute approximate surface area is 96.7 Å². The molecule has 1 aromatic heterocycles. The normalized spacial score (nSPS) is 10.4. The number of phenols is 1. The maximum absolute atomic E-state index is 10.9. The van der Waals surface area contributed by atoms with Crippen molar-refractivity contribution in [2.75, 3.05) is 0 Å². The van der Waals surface area contributed by atoms with Gasteiger partial charge in [-0.2, -0.15) is 0 Å². The van der Waals surface area contributed by atoms with E-state index in [4.69, 9.17) is 15.9 Å². The van der Waals surface area contributed by atoms with Crippen LogP contribution in [-0.4, -0.2) is 26.2 Å². The molecular weight excluding hydrogens is 222 g/mol. The Kier molecular flexibility index (Phi) is 2.80. The molecule has 0 saturated heterocycles. The number of phenolic OH excluding ortho intramolecular Hbond substituents is 1. The van der Waals surface area contributed by atoms with E-state index in [2.05, 4.69) is 9.97 Å². The molecule has 0 fully saturated rings. The van der Waals surface area contributed by atoms with Crippen LogP contribution in [0.3, 0.4) is 0 Å². The highest BCUT2D eigenvalue weighted by atomic mass is 16.4. The molecule has 0 atom stereocenters. The second kappa shape index (κ2) is 4.26. The van der Waals surface area contributed by atoms with Crippen molar-refractivity contribution in [3.63, 3.8) is 0 Å². The molecule has 5 N–H and O–H groups in total. The average molecular weight is 233 g/mol. The number of carbonyl (C=O) groups is 1. The predicted octanol–water partition coefficient (Wildman–Crippen LogP) is 0.939. The summed E-state index contributed by atoms with van der Waals surface area (Å²) in [6, 6.07) is 6.28. The lowest BCUT2D eigenvalue weighted by Gasteiger charge is -1.96. The van der Waals surface area contributed by atoms with Crippen LogP contribution < -0.4 is 5.73 Å². The Morgan fingerprint density at radius 3 is 2.47 bits per heavy atom. The lowest BCUT2D eigenvalue weighted by atomic mass is 10.2. The van der Waals surface area contributed by atoms with Gasteiger partial charge in [0.15, 0.2) is 5.69 Å². The number of nitrogens with zero attached hydrogens (tertiary/aromatic N) is 1. The van der Waals surface area contributed by atoms with Gasteiger partial charge in [-0.1, -0.05) is 0 Å². The van der Waals surface area contributed by atoms with Gasteiger partial charge in [0.05, 0.1) is 5.69 Å². The number of hydrogen-bond donors (Lipinski definition) is 4. The molecule has 0 aliphatic rings. The number of nitrogens with two attached hydrogens (primary N) is 1. The summed E-state index contributed by atoms with van der Waals surface area (Å²) in [4.78, 5) is 17.7. The van der Waals surface area contributed by atoms with E-state index in [0.717, 1.165) is 0 Å². The quantitative estimate of drug-likeness (QED) is 0.630. The molecule has 2 rings (SSSR count). The molecule has 0 bridgehead atoms. The third-order valence-corrected chi connectivity index (χ3v) is 2.33. The minimum absolute atomic E-state index is 0.0735. The van der Waals surface area contributed by atoms with Crippen LogP contribution in [0.4, 0.5) is 0 Å². The fourth-order valence-corrected chi connectivity index (χ4v) is 1.49. The van der Waals surface area contributed by atoms with Crippen molar-refractivity contribution in [2.24, 2.45) is 5.73 Å². The number of carboxylic acids is 1. The molecule has 0 saturated carbocycles. The van der Waals surface area contributed by atoms with E-state index >= 15 is 0 Å². The first-order valence-corrected chi connectivity index (χ1v) is 4.93. The summed E-state index contributed by atoms with van der Waals surface area (Å²) >= 11 is 0. The minimum Gasteiger partial charge on any atom is -0.508 e. The number of aromatic hydroxyl groups is 1. The van der Waals surface area contributed by atoms with Gasteiger partial charge < -0.3 is 20.9 Å². The number of aromatic amines is 1. The van der Waals surface area contributed by atoms with Crippen molar-refractivity contribution in [2.45, 2.75) is 6.54 Å². The SMILES string of the molecule is NCc1[nH]c(-c2ccc(O)cc2)nc1C(=O)O. The first-order valence-electron chi connectivity index (χ1n) is 4.93. The summed E-state index contributed by atoms with van der Waals surface area (Å²) < 4.78 is 0. The lowest BCUT2D eigenvalue weighted by Crippen LogP contribution is -2.06. The zero-order valence-electron chi connectivity index (χ0n) is 8.84. The van der Waals surface area contributed by atoms with E-state index in [1.54, 1.807) is 12.1 Å². The van der Waals surface area contributed by atoms with Crippen LogP contribution in [0, 0.1) is 0 Å². The number of aromatic carboxylic acids is 1. The van der Waals surface area contributed by atoms with Gasteiger partial charge in [-0.05, 0) is 24.3 Å². The maximum Gasteiger partial charge on any atom is 0.356 e. The first kappa shape index (κ1) is 11.2. The van der Waals surface area contributed by atoms with Crippen LogP contribution in [0.15, 0.2) is 24.3 Å².